The van der Waals surface area contributed by atoms with Gasteiger partial charge in [0, 0.05) is 0 Å². The summed E-state index contributed by atoms with van der Waals surface area (Å²) >= 11 is 0. The summed E-state index contributed by atoms with van der Waals surface area (Å²) in [5, 5.41) is 16.3. The average Bonchev–Trinajstić information content (AvgIpc) is 1.80. The number of hydrogen-bond donors (Lipinski definition) is 4. The molecule has 8 heteroatoms. The van der Waals surface area contributed by atoms with Crippen molar-refractivity contribution in [1.82, 2.24) is 0 Å². The van der Waals surface area contributed by atoms with Crippen LogP contribution in [-0.4, -0.2) is 38.7 Å². The molecular formula is C3H7O7P. The molecule has 0 unspecified atom stereocenters. The minimum absolute atomic E-state index is 0.986. The number of aliphatic hydroxyl groups is 1. The third-order valence-corrected chi connectivity index (χ3v) is 1.23. The summed E-state index contributed by atoms with van der Waals surface area (Å²) in [7, 11) is -4.83. The zero-order chi connectivity index (χ0) is 9.07. The maximum atomic E-state index is 10.0. The summed E-state index contributed by atoms with van der Waals surface area (Å²) in [5.74, 6) is -1.63. The summed E-state index contributed by atoms with van der Waals surface area (Å²) in [4.78, 5) is 26.1. The number of carbonyl (C=O) groups is 1. The van der Waals surface area contributed by atoms with Crippen LogP contribution in [0.3, 0.4) is 0 Å². The van der Waals surface area contributed by atoms with E-state index in [0.29, 0.717) is 0 Å². The van der Waals surface area contributed by atoms with Gasteiger partial charge in [0.1, 0.15) is 0 Å². The minimum Gasteiger partial charge on any atom is -0.479 e. The Morgan fingerprint density at radius 1 is 1.55 bits per heavy atom. The van der Waals surface area contributed by atoms with Crippen molar-refractivity contribution in [3.8, 4) is 0 Å². The first-order chi connectivity index (χ1) is 4.87. The monoisotopic (exact) mass is 186 g/mol. The molecule has 66 valence electrons. The van der Waals surface area contributed by atoms with Gasteiger partial charge in [-0.15, -0.1) is 0 Å². The standard InChI is InChI=1S/C3H7O7P/c4-1-2(3(5)6)10-11(7,8)9/h2,4H,1H2,(H,5,6)(H2,7,8,9)/t2-/m0/s1. The van der Waals surface area contributed by atoms with E-state index in [-0.39, 0.29) is 0 Å². The van der Waals surface area contributed by atoms with Crippen LogP contribution in [0.2, 0.25) is 0 Å². The highest BCUT2D eigenvalue weighted by atomic mass is 31.2. The molecule has 0 aromatic rings. The number of phosphoric ester groups is 1. The third-order valence-electron chi connectivity index (χ3n) is 0.706. The molecule has 0 amide bonds. The lowest BCUT2D eigenvalue weighted by Gasteiger charge is -2.10. The molecule has 0 bridgehead atoms. The number of phosphoric acid groups is 1. The Morgan fingerprint density at radius 3 is 2.09 bits per heavy atom. The van der Waals surface area contributed by atoms with Crippen molar-refractivity contribution in [1.29, 1.82) is 0 Å². The minimum atomic E-state index is -4.83. The Balaban J connectivity index is 4.10. The zero-order valence-electron chi connectivity index (χ0n) is 5.25. The molecule has 0 heterocycles. The maximum absolute atomic E-state index is 10.0. The Kier molecular flexibility index (Phi) is 3.64. The lowest BCUT2D eigenvalue weighted by Crippen LogP contribution is -2.26. The van der Waals surface area contributed by atoms with Gasteiger partial charge in [-0.3, -0.25) is 4.52 Å². The molecule has 0 radical (unpaired) electrons. The molecule has 7 nitrogen and oxygen atoms in total. The Bertz CT molecular complexity index is 182. The second-order valence-corrected chi connectivity index (χ2v) is 2.80. The van der Waals surface area contributed by atoms with Crippen LogP contribution in [0.15, 0.2) is 0 Å². The predicted molar refractivity (Wildman–Crippen MR) is 31.6 cm³/mol. The average molecular weight is 186 g/mol. The van der Waals surface area contributed by atoms with Crippen molar-refractivity contribution in [2.75, 3.05) is 6.61 Å². The van der Waals surface area contributed by atoms with Crippen LogP contribution < -0.4 is 0 Å². The number of hydrogen-bond acceptors (Lipinski definition) is 4. The molecule has 0 saturated carbocycles. The van der Waals surface area contributed by atoms with Crippen molar-refractivity contribution in [3.05, 3.63) is 0 Å². The SMILES string of the molecule is O=C(O)[C@H](CO)OP(=O)(O)O. The first-order valence-electron chi connectivity index (χ1n) is 2.44. The molecule has 11 heavy (non-hydrogen) atoms. The van der Waals surface area contributed by atoms with E-state index < -0.39 is 26.5 Å². The first-order valence-corrected chi connectivity index (χ1v) is 3.97. The van der Waals surface area contributed by atoms with Crippen molar-refractivity contribution in [3.63, 3.8) is 0 Å². The fraction of sp³-hybridized carbons (Fsp3) is 0.667. The predicted octanol–water partition coefficient (Wildman–Crippen LogP) is -1.46. The molecule has 0 aromatic heterocycles. The van der Waals surface area contributed by atoms with Crippen molar-refractivity contribution >= 4 is 13.8 Å². The van der Waals surface area contributed by atoms with Crippen LogP contribution in [0.5, 0.6) is 0 Å². The van der Waals surface area contributed by atoms with Gasteiger partial charge in [0.05, 0.1) is 6.61 Å². The largest absolute Gasteiger partial charge is 0.479 e. The number of carboxylic acid groups (broad SMARTS) is 1. The Morgan fingerprint density at radius 2 is 2.00 bits per heavy atom. The van der Waals surface area contributed by atoms with E-state index in [4.69, 9.17) is 20.0 Å². The van der Waals surface area contributed by atoms with Crippen LogP contribution in [0, 0.1) is 0 Å². The maximum Gasteiger partial charge on any atom is 0.470 e. The van der Waals surface area contributed by atoms with Crippen molar-refractivity contribution in [2.45, 2.75) is 6.10 Å². The highest BCUT2D eigenvalue weighted by Gasteiger charge is 2.26. The number of aliphatic carboxylic acids is 1. The van der Waals surface area contributed by atoms with Gasteiger partial charge in [-0.25, -0.2) is 9.36 Å². The molecule has 0 saturated heterocycles. The lowest BCUT2D eigenvalue weighted by atomic mass is 10.4. The third kappa shape index (κ3) is 4.88. The van der Waals surface area contributed by atoms with Gasteiger partial charge in [0.15, 0.2) is 6.10 Å². The van der Waals surface area contributed by atoms with Crippen LogP contribution in [0.4, 0.5) is 0 Å². The molecule has 0 spiro atoms. The van der Waals surface area contributed by atoms with Crippen molar-refractivity contribution < 1.29 is 33.9 Å². The summed E-state index contributed by atoms with van der Waals surface area (Å²) < 4.78 is 13.7. The highest BCUT2D eigenvalue weighted by Crippen LogP contribution is 2.37. The van der Waals surface area contributed by atoms with E-state index in [1.807, 2.05) is 0 Å². The van der Waals surface area contributed by atoms with Gasteiger partial charge in [-0.2, -0.15) is 0 Å². The topological polar surface area (TPSA) is 124 Å². The second-order valence-electron chi connectivity index (χ2n) is 1.61. The molecule has 0 aliphatic heterocycles. The molecule has 0 aliphatic carbocycles. The van der Waals surface area contributed by atoms with Crippen molar-refractivity contribution in [2.24, 2.45) is 0 Å². The summed E-state index contributed by atoms with van der Waals surface area (Å²) in [6.07, 6.45) is -1.88. The van der Waals surface area contributed by atoms with Crippen LogP contribution in [-0.2, 0) is 13.9 Å². The number of rotatable bonds is 4. The molecule has 0 aliphatic rings. The van der Waals surface area contributed by atoms with Gasteiger partial charge in [0.2, 0.25) is 0 Å². The first kappa shape index (κ1) is 10.5. The van der Waals surface area contributed by atoms with Crippen LogP contribution in [0.1, 0.15) is 0 Å². The van der Waals surface area contributed by atoms with Crippen LogP contribution >= 0.6 is 7.82 Å². The summed E-state index contributed by atoms with van der Waals surface area (Å²) in [6.45, 7) is -0.986. The van der Waals surface area contributed by atoms with Gasteiger partial charge >= 0.3 is 13.8 Å². The summed E-state index contributed by atoms with van der Waals surface area (Å²) in [5.41, 5.74) is 0. The van der Waals surface area contributed by atoms with Gasteiger partial charge in [0.25, 0.3) is 0 Å². The van der Waals surface area contributed by atoms with Crippen LogP contribution in [0.25, 0.3) is 0 Å². The van der Waals surface area contributed by atoms with E-state index in [9.17, 15) is 9.36 Å². The molecular weight excluding hydrogens is 179 g/mol. The molecule has 1 atom stereocenters. The highest BCUT2D eigenvalue weighted by molar-refractivity contribution is 7.46. The molecule has 0 rings (SSSR count). The smallest absolute Gasteiger partial charge is 0.470 e. The Labute approximate surface area is 61.5 Å². The fourth-order valence-corrected chi connectivity index (χ4v) is 0.811. The molecule has 0 aromatic carbocycles. The number of aliphatic hydroxyl groups excluding tert-OH is 1. The van der Waals surface area contributed by atoms with E-state index in [2.05, 4.69) is 4.52 Å². The fourth-order valence-electron chi connectivity index (χ4n) is 0.322. The normalized spacial score (nSPS) is 14.5. The number of carboxylic acids is 1. The van der Waals surface area contributed by atoms with E-state index in [0.717, 1.165) is 0 Å². The molecule has 0 fully saturated rings. The van der Waals surface area contributed by atoms with Gasteiger partial charge < -0.3 is 20.0 Å². The van der Waals surface area contributed by atoms with E-state index >= 15 is 0 Å². The lowest BCUT2D eigenvalue weighted by molar-refractivity contribution is -0.147. The Hall–Kier alpha value is -0.460. The van der Waals surface area contributed by atoms with E-state index in [1.54, 1.807) is 0 Å². The molecule has 4 N–H and O–H groups in total. The summed E-state index contributed by atoms with van der Waals surface area (Å²) in [6, 6.07) is 0. The van der Waals surface area contributed by atoms with Gasteiger partial charge in [-0.05, 0) is 0 Å². The second kappa shape index (κ2) is 3.80. The van der Waals surface area contributed by atoms with Gasteiger partial charge in [-0.1, -0.05) is 0 Å². The quantitative estimate of drug-likeness (QED) is 0.395. The zero-order valence-corrected chi connectivity index (χ0v) is 6.14. The van der Waals surface area contributed by atoms with E-state index in [1.165, 1.54) is 0 Å².